The van der Waals surface area contributed by atoms with Crippen molar-refractivity contribution >= 4 is 34.2 Å². The molecule has 0 bridgehead atoms. The van der Waals surface area contributed by atoms with Crippen LogP contribution in [0.5, 0.6) is 11.5 Å². The second-order valence-corrected chi connectivity index (χ2v) is 8.15. The zero-order chi connectivity index (χ0) is 25.0. The van der Waals surface area contributed by atoms with Gasteiger partial charge in [-0.2, -0.15) is 0 Å². The molecule has 0 heterocycles. The van der Waals surface area contributed by atoms with E-state index in [0.29, 0.717) is 6.61 Å². The number of rotatable bonds is 15. The summed E-state index contributed by atoms with van der Waals surface area (Å²) in [6, 6.07) is 0.902. The molecule has 184 valence electrons. The number of nitrogens with zero attached hydrogens (tertiary/aromatic N) is 3. The van der Waals surface area contributed by atoms with E-state index in [0.717, 1.165) is 30.8 Å². The van der Waals surface area contributed by atoms with Crippen LogP contribution in [0.15, 0.2) is 6.07 Å². The van der Waals surface area contributed by atoms with Crippen molar-refractivity contribution in [2.24, 2.45) is 0 Å². The summed E-state index contributed by atoms with van der Waals surface area (Å²) in [6.45, 7) is 2.60. The van der Waals surface area contributed by atoms with Gasteiger partial charge in [-0.05, 0) is 27.1 Å². The van der Waals surface area contributed by atoms with Crippen LogP contribution in [-0.4, -0.2) is 85.6 Å². The zero-order valence-corrected chi connectivity index (χ0v) is 19.8. The van der Waals surface area contributed by atoms with Crippen molar-refractivity contribution in [3.8, 4) is 11.5 Å². The van der Waals surface area contributed by atoms with Gasteiger partial charge in [-0.25, -0.2) is 0 Å². The van der Waals surface area contributed by atoms with E-state index in [2.05, 4.69) is 5.32 Å². The molecule has 1 aromatic carbocycles. The van der Waals surface area contributed by atoms with Gasteiger partial charge in [0.15, 0.2) is 16.4 Å². The van der Waals surface area contributed by atoms with Crippen molar-refractivity contribution in [3.05, 3.63) is 31.9 Å². The van der Waals surface area contributed by atoms with Crippen LogP contribution < -0.4 is 14.8 Å². The van der Waals surface area contributed by atoms with Gasteiger partial charge in [-0.3, -0.25) is 29.8 Å². The maximum absolute atomic E-state index is 12.7. The number of carbonyl (C=O) groups excluding carboxylic acids is 2. The molecule has 0 radical (unpaired) electrons. The lowest BCUT2D eigenvalue weighted by atomic mass is 10.1. The van der Waals surface area contributed by atoms with Crippen molar-refractivity contribution in [1.29, 1.82) is 0 Å². The van der Waals surface area contributed by atoms with E-state index in [9.17, 15) is 29.8 Å². The molecule has 0 spiro atoms. The number of ether oxygens (including phenoxy) is 3. The van der Waals surface area contributed by atoms with Gasteiger partial charge in [0.1, 0.15) is 6.61 Å². The average Bonchev–Trinajstić information content (AvgIpc) is 2.74. The molecule has 33 heavy (non-hydrogen) atoms. The standard InChI is InChI=1S/C19H28N4O9S/c1-13(24)33-11-6-20-19(25)16-14(22(26)27)12-15(30-4)18(17(16)23(28)29)32-10-9-31-8-5-7-21(2)3/h12H,5-11H2,1-4H3,(H,20,25). The number of methoxy groups -OCH3 is 1. The van der Waals surface area contributed by atoms with Crippen molar-refractivity contribution in [1.82, 2.24) is 10.2 Å². The molecule has 0 aliphatic rings. The van der Waals surface area contributed by atoms with E-state index in [4.69, 9.17) is 14.2 Å². The summed E-state index contributed by atoms with van der Waals surface area (Å²) in [7, 11) is 5.03. The summed E-state index contributed by atoms with van der Waals surface area (Å²) >= 11 is 0.937. The lowest BCUT2D eigenvalue weighted by molar-refractivity contribution is -0.395. The molecule has 0 unspecified atom stereocenters. The lowest BCUT2D eigenvalue weighted by Crippen LogP contribution is -2.28. The number of carbonyl (C=O) groups is 2. The molecular weight excluding hydrogens is 460 g/mol. The van der Waals surface area contributed by atoms with Crippen LogP contribution in [0.4, 0.5) is 11.4 Å². The van der Waals surface area contributed by atoms with E-state index < -0.39 is 38.4 Å². The van der Waals surface area contributed by atoms with Crippen LogP contribution in [0.1, 0.15) is 23.7 Å². The van der Waals surface area contributed by atoms with Crippen molar-refractivity contribution in [2.75, 3.05) is 59.9 Å². The Labute approximate surface area is 195 Å². The maximum Gasteiger partial charge on any atom is 0.334 e. The molecule has 14 heteroatoms. The minimum atomic E-state index is -1.04. The minimum Gasteiger partial charge on any atom is -0.492 e. The summed E-state index contributed by atoms with van der Waals surface area (Å²) in [5, 5.41) is 25.6. The second kappa shape index (κ2) is 14.2. The quantitative estimate of drug-likeness (QED) is 0.218. The number of hydrogen-bond acceptors (Lipinski definition) is 11. The second-order valence-electron chi connectivity index (χ2n) is 6.88. The third-order valence-corrected chi connectivity index (χ3v) is 4.90. The van der Waals surface area contributed by atoms with Crippen LogP contribution in [0.2, 0.25) is 0 Å². The highest BCUT2D eigenvalue weighted by molar-refractivity contribution is 8.13. The first kappa shape index (κ1) is 28.1. The zero-order valence-electron chi connectivity index (χ0n) is 19.0. The Morgan fingerprint density at radius 2 is 1.85 bits per heavy atom. The van der Waals surface area contributed by atoms with Gasteiger partial charge in [-0.15, -0.1) is 0 Å². The summed E-state index contributed by atoms with van der Waals surface area (Å²) in [5.41, 5.74) is -2.45. The third-order valence-electron chi connectivity index (χ3n) is 4.09. The van der Waals surface area contributed by atoms with E-state index in [1.165, 1.54) is 14.0 Å². The van der Waals surface area contributed by atoms with Gasteiger partial charge in [0, 0.05) is 25.8 Å². The highest BCUT2D eigenvalue weighted by atomic mass is 32.2. The summed E-state index contributed by atoms with van der Waals surface area (Å²) in [5.74, 6) is -1.50. The number of thioether (sulfide) groups is 1. The smallest absolute Gasteiger partial charge is 0.334 e. The van der Waals surface area contributed by atoms with Crippen LogP contribution in [0.3, 0.4) is 0 Å². The lowest BCUT2D eigenvalue weighted by Gasteiger charge is -2.14. The molecule has 0 saturated carbocycles. The van der Waals surface area contributed by atoms with Crippen LogP contribution in [-0.2, 0) is 9.53 Å². The third kappa shape index (κ3) is 9.19. The van der Waals surface area contributed by atoms with Crippen molar-refractivity contribution < 1.29 is 33.6 Å². The number of hydrogen-bond donors (Lipinski definition) is 1. The number of nitro groups is 2. The van der Waals surface area contributed by atoms with Gasteiger partial charge in [-0.1, -0.05) is 11.8 Å². The van der Waals surface area contributed by atoms with E-state index in [1.807, 2.05) is 19.0 Å². The van der Waals surface area contributed by atoms with Crippen molar-refractivity contribution in [3.63, 3.8) is 0 Å². The average molecular weight is 489 g/mol. The molecular formula is C19H28N4O9S. The number of nitrogens with one attached hydrogen (secondary N) is 1. The Hall–Kier alpha value is -2.97. The largest absolute Gasteiger partial charge is 0.492 e. The normalized spacial score (nSPS) is 10.7. The fourth-order valence-electron chi connectivity index (χ4n) is 2.68. The predicted molar refractivity (Wildman–Crippen MR) is 121 cm³/mol. The first-order valence-electron chi connectivity index (χ1n) is 9.90. The van der Waals surface area contributed by atoms with E-state index >= 15 is 0 Å². The highest BCUT2D eigenvalue weighted by Crippen LogP contribution is 2.44. The molecule has 0 aliphatic heterocycles. The fraction of sp³-hybridized carbons (Fsp3) is 0.579. The van der Waals surface area contributed by atoms with Gasteiger partial charge >= 0.3 is 5.69 Å². The molecule has 1 N–H and O–H groups in total. The molecule has 1 rings (SSSR count). The summed E-state index contributed by atoms with van der Waals surface area (Å²) in [4.78, 5) is 47.2. The Balaban J connectivity index is 3.13. The number of amides is 1. The summed E-state index contributed by atoms with van der Waals surface area (Å²) in [6.07, 6.45) is 0.778. The van der Waals surface area contributed by atoms with Gasteiger partial charge in [0.25, 0.3) is 11.6 Å². The van der Waals surface area contributed by atoms with E-state index in [1.54, 1.807) is 0 Å². The fourth-order valence-corrected chi connectivity index (χ4v) is 3.17. The van der Waals surface area contributed by atoms with E-state index in [-0.39, 0.29) is 36.4 Å². The minimum absolute atomic E-state index is 0.0274. The Kier molecular flexibility index (Phi) is 12.1. The first-order valence-corrected chi connectivity index (χ1v) is 10.9. The highest BCUT2D eigenvalue weighted by Gasteiger charge is 2.38. The molecule has 0 aromatic heterocycles. The Morgan fingerprint density at radius 3 is 2.39 bits per heavy atom. The van der Waals surface area contributed by atoms with Crippen molar-refractivity contribution in [2.45, 2.75) is 13.3 Å². The molecule has 0 fully saturated rings. The van der Waals surface area contributed by atoms with Crippen LogP contribution in [0, 0.1) is 20.2 Å². The number of benzene rings is 1. The summed E-state index contributed by atoms with van der Waals surface area (Å²) < 4.78 is 16.0. The van der Waals surface area contributed by atoms with Crippen LogP contribution in [0.25, 0.3) is 0 Å². The Bertz CT molecular complexity index is 864. The molecule has 1 aromatic rings. The first-order chi connectivity index (χ1) is 15.6. The molecule has 13 nitrogen and oxygen atoms in total. The molecule has 0 saturated heterocycles. The SMILES string of the molecule is COc1cc([N+](=O)[O-])c(C(=O)NCCSC(C)=O)c([N+](=O)[O-])c1OCCOCCCN(C)C. The molecule has 0 aliphatic carbocycles. The topological polar surface area (TPSA) is 163 Å². The maximum atomic E-state index is 12.7. The number of nitro benzene ring substituents is 2. The predicted octanol–water partition coefficient (Wildman–Crippen LogP) is 1.87. The molecule has 1 amide bonds. The van der Waals surface area contributed by atoms with Gasteiger partial charge in [0.2, 0.25) is 5.75 Å². The van der Waals surface area contributed by atoms with Gasteiger partial charge in [0.05, 0.1) is 29.6 Å². The molecule has 0 atom stereocenters. The monoisotopic (exact) mass is 488 g/mol. The van der Waals surface area contributed by atoms with Gasteiger partial charge < -0.3 is 24.4 Å². The Morgan fingerprint density at radius 1 is 1.15 bits per heavy atom. The van der Waals surface area contributed by atoms with Crippen LogP contribution >= 0.6 is 11.8 Å².